The van der Waals surface area contributed by atoms with E-state index in [1.165, 1.54) is 0 Å². The fraction of sp³-hybridized carbons (Fsp3) is 0.353. The Bertz CT molecular complexity index is 571. The monoisotopic (exact) mass is 303 g/mol. The van der Waals surface area contributed by atoms with E-state index < -0.39 is 0 Å². The number of rotatable bonds is 5. The Labute approximate surface area is 131 Å². The van der Waals surface area contributed by atoms with Gasteiger partial charge in [0.1, 0.15) is 0 Å². The molecular weight excluding hydrogens is 282 g/mol. The Morgan fingerprint density at radius 2 is 1.86 bits per heavy atom. The van der Waals surface area contributed by atoms with Crippen molar-refractivity contribution in [3.8, 4) is 0 Å². The van der Waals surface area contributed by atoms with Crippen LogP contribution in [0.5, 0.6) is 0 Å². The number of benzene rings is 1. The molecule has 0 saturated heterocycles. The molecule has 1 heterocycles. The van der Waals surface area contributed by atoms with Crippen LogP contribution in [0.1, 0.15) is 37.1 Å². The van der Waals surface area contributed by atoms with Crippen LogP contribution in [0, 0.1) is 0 Å². The van der Waals surface area contributed by atoms with Gasteiger partial charge in [-0.25, -0.2) is 0 Å². The van der Waals surface area contributed by atoms with Gasteiger partial charge < -0.3 is 5.73 Å². The summed E-state index contributed by atoms with van der Waals surface area (Å²) >= 11 is 6.32. The fourth-order valence-corrected chi connectivity index (χ4v) is 3.03. The predicted octanol–water partition coefficient (Wildman–Crippen LogP) is 3.82. The molecule has 2 aromatic rings. The van der Waals surface area contributed by atoms with E-state index in [4.69, 9.17) is 17.3 Å². The van der Waals surface area contributed by atoms with Crippen LogP contribution in [-0.2, 0) is 0 Å². The zero-order valence-electron chi connectivity index (χ0n) is 12.7. The molecule has 0 fully saturated rings. The van der Waals surface area contributed by atoms with Gasteiger partial charge in [-0.05, 0) is 44.2 Å². The maximum Gasteiger partial charge on any atom is 0.0514 e. The number of aromatic nitrogens is 1. The Morgan fingerprint density at radius 3 is 2.43 bits per heavy atom. The number of nitrogens with two attached hydrogens (primary N) is 1. The fourth-order valence-electron chi connectivity index (χ4n) is 2.73. The van der Waals surface area contributed by atoms with Gasteiger partial charge in [-0.15, -0.1) is 0 Å². The highest BCUT2D eigenvalue weighted by molar-refractivity contribution is 6.31. The molecule has 2 rings (SSSR count). The van der Waals surface area contributed by atoms with E-state index in [1.807, 2.05) is 37.4 Å². The first kappa shape index (κ1) is 16.0. The molecule has 3 unspecified atom stereocenters. The number of hydrogen-bond acceptors (Lipinski definition) is 3. The molecule has 0 saturated carbocycles. The van der Waals surface area contributed by atoms with Gasteiger partial charge in [0.15, 0.2) is 0 Å². The molecule has 1 aromatic carbocycles. The van der Waals surface area contributed by atoms with Crippen molar-refractivity contribution in [2.75, 3.05) is 7.05 Å². The van der Waals surface area contributed by atoms with Crippen molar-refractivity contribution in [2.45, 2.75) is 32.0 Å². The summed E-state index contributed by atoms with van der Waals surface area (Å²) in [6.45, 7) is 4.17. The van der Waals surface area contributed by atoms with Crippen molar-refractivity contribution < 1.29 is 0 Å². The lowest BCUT2D eigenvalue weighted by Crippen LogP contribution is -2.38. The van der Waals surface area contributed by atoms with Crippen LogP contribution in [0.15, 0.2) is 48.8 Å². The lowest BCUT2D eigenvalue weighted by molar-refractivity contribution is 0.165. The second-order valence-corrected chi connectivity index (χ2v) is 5.86. The van der Waals surface area contributed by atoms with E-state index in [0.29, 0.717) is 0 Å². The van der Waals surface area contributed by atoms with E-state index in [2.05, 4.69) is 36.0 Å². The number of hydrogen-bond donors (Lipinski definition) is 1. The third kappa shape index (κ3) is 3.62. The van der Waals surface area contributed by atoms with E-state index >= 15 is 0 Å². The zero-order valence-corrected chi connectivity index (χ0v) is 13.5. The Morgan fingerprint density at radius 1 is 1.14 bits per heavy atom. The maximum absolute atomic E-state index is 6.32. The minimum Gasteiger partial charge on any atom is -0.326 e. The quantitative estimate of drug-likeness (QED) is 0.913. The topological polar surface area (TPSA) is 42.1 Å². The summed E-state index contributed by atoms with van der Waals surface area (Å²) in [5.41, 5.74) is 8.45. The van der Waals surface area contributed by atoms with Crippen LogP contribution >= 0.6 is 11.6 Å². The van der Waals surface area contributed by atoms with Crippen molar-refractivity contribution >= 4 is 11.6 Å². The molecule has 0 spiro atoms. The summed E-state index contributed by atoms with van der Waals surface area (Å²) < 4.78 is 0. The largest absolute Gasteiger partial charge is 0.326 e. The molecule has 0 aliphatic rings. The van der Waals surface area contributed by atoms with E-state index in [-0.39, 0.29) is 18.1 Å². The van der Waals surface area contributed by atoms with Crippen LogP contribution in [0.25, 0.3) is 0 Å². The Hall–Kier alpha value is -1.42. The van der Waals surface area contributed by atoms with Crippen LogP contribution in [0.4, 0.5) is 0 Å². The van der Waals surface area contributed by atoms with Gasteiger partial charge in [-0.2, -0.15) is 0 Å². The Balaban J connectivity index is 2.31. The van der Waals surface area contributed by atoms with Gasteiger partial charge in [-0.3, -0.25) is 9.88 Å². The summed E-state index contributed by atoms with van der Waals surface area (Å²) in [6.07, 6.45) is 3.66. The first-order valence-electron chi connectivity index (χ1n) is 7.14. The van der Waals surface area contributed by atoms with Crippen molar-refractivity contribution in [1.82, 2.24) is 9.88 Å². The summed E-state index contributed by atoms with van der Waals surface area (Å²) in [6, 6.07) is 12.2. The number of halogens is 1. The molecule has 1 aromatic heterocycles. The van der Waals surface area contributed by atoms with E-state index in [0.717, 1.165) is 16.1 Å². The summed E-state index contributed by atoms with van der Waals surface area (Å²) in [5, 5.41) is 0.784. The summed E-state index contributed by atoms with van der Waals surface area (Å²) in [7, 11) is 2.08. The smallest absolute Gasteiger partial charge is 0.0514 e. The van der Waals surface area contributed by atoms with Crippen LogP contribution in [-0.4, -0.2) is 23.0 Å². The predicted molar refractivity (Wildman–Crippen MR) is 88.3 cm³/mol. The van der Waals surface area contributed by atoms with Crippen LogP contribution < -0.4 is 5.73 Å². The third-order valence-electron chi connectivity index (χ3n) is 3.93. The number of nitrogens with zero attached hydrogens (tertiary/aromatic N) is 2. The highest BCUT2D eigenvalue weighted by Gasteiger charge is 2.26. The molecule has 21 heavy (non-hydrogen) atoms. The molecule has 0 radical (unpaired) electrons. The first-order chi connectivity index (χ1) is 10.0. The third-order valence-corrected chi connectivity index (χ3v) is 4.27. The molecule has 2 N–H and O–H groups in total. The van der Waals surface area contributed by atoms with Crippen molar-refractivity contribution in [2.24, 2.45) is 5.73 Å². The molecule has 0 bridgehead atoms. The minimum atomic E-state index is -0.0101. The standard InChI is InChI=1S/C17H22ClN3/c1-12(19)17(14-7-6-10-20-11-14)21(3)13(2)15-8-4-5-9-16(15)18/h4-13,17H,19H2,1-3H3. The summed E-state index contributed by atoms with van der Waals surface area (Å²) in [4.78, 5) is 6.46. The molecule has 3 atom stereocenters. The van der Waals surface area contributed by atoms with Crippen LogP contribution in [0.2, 0.25) is 5.02 Å². The average Bonchev–Trinajstić information content (AvgIpc) is 2.48. The van der Waals surface area contributed by atoms with Crippen molar-refractivity contribution in [1.29, 1.82) is 0 Å². The Kier molecular flexibility index (Phi) is 5.34. The SMILES string of the molecule is CC(N)C(c1cccnc1)N(C)C(C)c1ccccc1Cl. The highest BCUT2D eigenvalue weighted by Crippen LogP contribution is 2.33. The van der Waals surface area contributed by atoms with E-state index in [1.54, 1.807) is 6.20 Å². The van der Waals surface area contributed by atoms with Gasteiger partial charge in [-0.1, -0.05) is 35.9 Å². The van der Waals surface area contributed by atoms with Crippen LogP contribution in [0.3, 0.4) is 0 Å². The molecule has 0 aliphatic carbocycles. The second kappa shape index (κ2) is 7.03. The molecular formula is C17H22ClN3. The molecule has 4 heteroatoms. The van der Waals surface area contributed by atoms with Crippen molar-refractivity contribution in [3.05, 3.63) is 64.9 Å². The highest BCUT2D eigenvalue weighted by atomic mass is 35.5. The molecule has 112 valence electrons. The van der Waals surface area contributed by atoms with Gasteiger partial charge in [0.25, 0.3) is 0 Å². The lowest BCUT2D eigenvalue weighted by atomic mass is 9.97. The number of pyridine rings is 1. The molecule has 0 amide bonds. The minimum absolute atomic E-state index is 0.0101. The maximum atomic E-state index is 6.32. The normalized spacial score (nSPS) is 15.7. The zero-order chi connectivity index (χ0) is 15.4. The lowest BCUT2D eigenvalue weighted by Gasteiger charge is -2.36. The summed E-state index contributed by atoms with van der Waals surface area (Å²) in [5.74, 6) is 0. The van der Waals surface area contributed by atoms with Gasteiger partial charge in [0.05, 0.1) is 6.04 Å². The average molecular weight is 304 g/mol. The first-order valence-corrected chi connectivity index (χ1v) is 7.52. The molecule has 0 aliphatic heterocycles. The number of likely N-dealkylation sites (N-methyl/N-ethyl adjacent to an activating group) is 1. The van der Waals surface area contributed by atoms with Crippen molar-refractivity contribution in [3.63, 3.8) is 0 Å². The molecule has 3 nitrogen and oxygen atoms in total. The van der Waals surface area contributed by atoms with Gasteiger partial charge in [0, 0.05) is 29.5 Å². The second-order valence-electron chi connectivity index (χ2n) is 5.45. The van der Waals surface area contributed by atoms with E-state index in [9.17, 15) is 0 Å². The van der Waals surface area contributed by atoms with Gasteiger partial charge in [0.2, 0.25) is 0 Å². The van der Waals surface area contributed by atoms with Gasteiger partial charge >= 0.3 is 0 Å².